The maximum absolute atomic E-state index is 14.2. The molecule has 0 radical (unpaired) electrons. The minimum atomic E-state index is -0.190. The highest BCUT2D eigenvalue weighted by Gasteiger charge is 2.11. The Labute approximate surface area is 149 Å². The molecule has 126 valence electrons. The molecule has 3 heterocycles. The molecule has 0 amide bonds. The molecular weight excluding hydrogens is 325 g/mol. The van der Waals surface area contributed by atoms with Gasteiger partial charge in [0.2, 0.25) is 0 Å². The summed E-state index contributed by atoms with van der Waals surface area (Å²) in [4.78, 5) is 0. The molecule has 0 aliphatic rings. The van der Waals surface area contributed by atoms with Crippen molar-refractivity contribution in [3.05, 3.63) is 90.6 Å². The van der Waals surface area contributed by atoms with Crippen LogP contribution < -0.4 is 0 Å². The molecule has 0 bridgehead atoms. The minimum absolute atomic E-state index is 0.190. The maximum Gasteiger partial charge on any atom is 0.132 e. The van der Waals surface area contributed by atoms with Gasteiger partial charge in [0.15, 0.2) is 0 Å². The van der Waals surface area contributed by atoms with E-state index in [-0.39, 0.29) is 5.82 Å². The summed E-state index contributed by atoms with van der Waals surface area (Å²) in [5.41, 5.74) is 6.24. The summed E-state index contributed by atoms with van der Waals surface area (Å²) in [6.07, 6.45) is 5.67. The average molecular weight is 341 g/mol. The van der Waals surface area contributed by atoms with Crippen LogP contribution >= 0.6 is 0 Å². The third kappa shape index (κ3) is 2.15. The first-order valence-corrected chi connectivity index (χ1v) is 8.52. The van der Waals surface area contributed by atoms with Gasteiger partial charge in [0.05, 0.1) is 11.0 Å². The van der Waals surface area contributed by atoms with Crippen molar-refractivity contribution < 1.29 is 4.39 Å². The standard InChI is InChI=1S/C22H16FN3/c1-15-7-8-20(23)19-10-13-25(22(15)19)17-5-2-4-16(14-17)18-6-3-12-26-21(18)9-11-24-26/h2-14H,1H3. The normalized spacial score (nSPS) is 11.5. The molecule has 0 saturated carbocycles. The zero-order valence-electron chi connectivity index (χ0n) is 14.2. The highest BCUT2D eigenvalue weighted by Crippen LogP contribution is 2.30. The lowest BCUT2D eigenvalue weighted by Crippen LogP contribution is -1.95. The first-order chi connectivity index (χ1) is 12.7. The second kappa shape index (κ2) is 5.56. The molecule has 5 aromatic rings. The van der Waals surface area contributed by atoms with Crippen LogP contribution in [-0.4, -0.2) is 14.2 Å². The van der Waals surface area contributed by atoms with E-state index in [1.165, 1.54) is 6.07 Å². The fourth-order valence-electron chi connectivity index (χ4n) is 3.63. The lowest BCUT2D eigenvalue weighted by atomic mass is 10.0. The molecule has 0 spiro atoms. The van der Waals surface area contributed by atoms with Crippen molar-refractivity contribution >= 4 is 16.4 Å². The third-order valence-electron chi connectivity index (χ3n) is 4.87. The van der Waals surface area contributed by atoms with Crippen LogP contribution in [0.1, 0.15) is 5.56 Å². The van der Waals surface area contributed by atoms with Gasteiger partial charge in [-0.05, 0) is 54.4 Å². The molecule has 26 heavy (non-hydrogen) atoms. The minimum Gasteiger partial charge on any atom is -0.316 e. The van der Waals surface area contributed by atoms with E-state index >= 15 is 0 Å². The van der Waals surface area contributed by atoms with Crippen LogP contribution in [0.3, 0.4) is 0 Å². The molecule has 4 heteroatoms. The van der Waals surface area contributed by atoms with Gasteiger partial charge in [-0.2, -0.15) is 5.10 Å². The van der Waals surface area contributed by atoms with Gasteiger partial charge in [0.1, 0.15) is 5.82 Å². The summed E-state index contributed by atoms with van der Waals surface area (Å²) in [5, 5.41) is 4.96. The molecule has 3 nitrogen and oxygen atoms in total. The van der Waals surface area contributed by atoms with Gasteiger partial charge in [-0.25, -0.2) is 8.91 Å². The molecule has 0 aliphatic heterocycles. The summed E-state index contributed by atoms with van der Waals surface area (Å²) < 4.78 is 18.1. The lowest BCUT2D eigenvalue weighted by Gasteiger charge is -2.11. The molecule has 0 aliphatic carbocycles. The number of pyridine rings is 1. The van der Waals surface area contributed by atoms with Gasteiger partial charge in [-0.1, -0.05) is 24.3 Å². The number of aryl methyl sites for hydroxylation is 1. The summed E-state index contributed by atoms with van der Waals surface area (Å²) in [6, 6.07) is 19.6. The Morgan fingerprint density at radius 1 is 0.923 bits per heavy atom. The number of benzene rings is 2. The summed E-state index contributed by atoms with van der Waals surface area (Å²) in [5.74, 6) is -0.190. The van der Waals surface area contributed by atoms with Crippen LogP contribution in [0, 0.1) is 12.7 Å². The number of rotatable bonds is 2. The summed E-state index contributed by atoms with van der Waals surface area (Å²) >= 11 is 0. The zero-order chi connectivity index (χ0) is 17.7. The Bertz CT molecular complexity index is 1260. The lowest BCUT2D eigenvalue weighted by molar-refractivity contribution is 0.639. The number of fused-ring (bicyclic) bond motifs is 2. The molecule has 3 aromatic heterocycles. The fourth-order valence-corrected chi connectivity index (χ4v) is 3.63. The van der Waals surface area contributed by atoms with Gasteiger partial charge in [0, 0.05) is 35.2 Å². The van der Waals surface area contributed by atoms with Crippen LogP contribution in [0.4, 0.5) is 4.39 Å². The first kappa shape index (κ1) is 14.9. The first-order valence-electron chi connectivity index (χ1n) is 8.52. The summed E-state index contributed by atoms with van der Waals surface area (Å²) in [6.45, 7) is 2.01. The zero-order valence-corrected chi connectivity index (χ0v) is 14.2. The van der Waals surface area contributed by atoms with Crippen LogP contribution in [-0.2, 0) is 0 Å². The van der Waals surface area contributed by atoms with Crippen LogP contribution in [0.25, 0.3) is 33.2 Å². The van der Waals surface area contributed by atoms with E-state index in [9.17, 15) is 4.39 Å². The van der Waals surface area contributed by atoms with E-state index < -0.39 is 0 Å². The largest absolute Gasteiger partial charge is 0.316 e. The SMILES string of the molecule is Cc1ccc(F)c2ccn(-c3cccc(-c4cccn5nccc45)c3)c12. The molecular formula is C22H16FN3. The molecule has 0 fully saturated rings. The number of hydrogen-bond acceptors (Lipinski definition) is 1. The monoisotopic (exact) mass is 341 g/mol. The van der Waals surface area contributed by atoms with Crippen molar-refractivity contribution in [3.8, 4) is 16.8 Å². The van der Waals surface area contributed by atoms with Crippen molar-refractivity contribution in [1.82, 2.24) is 14.2 Å². The van der Waals surface area contributed by atoms with Gasteiger partial charge in [-0.15, -0.1) is 0 Å². The number of aromatic nitrogens is 3. The van der Waals surface area contributed by atoms with E-state index in [4.69, 9.17) is 0 Å². The number of nitrogens with zero attached hydrogens (tertiary/aromatic N) is 3. The molecule has 0 saturated heterocycles. The predicted molar refractivity (Wildman–Crippen MR) is 102 cm³/mol. The second-order valence-corrected chi connectivity index (χ2v) is 6.45. The van der Waals surface area contributed by atoms with E-state index in [1.54, 1.807) is 6.20 Å². The molecule has 5 rings (SSSR count). The van der Waals surface area contributed by atoms with Gasteiger partial charge in [0.25, 0.3) is 0 Å². The maximum atomic E-state index is 14.2. The Balaban J connectivity index is 1.73. The van der Waals surface area contributed by atoms with Crippen LogP contribution in [0.2, 0.25) is 0 Å². The smallest absolute Gasteiger partial charge is 0.132 e. The number of hydrogen-bond donors (Lipinski definition) is 0. The van der Waals surface area contributed by atoms with Gasteiger partial charge in [-0.3, -0.25) is 0 Å². The van der Waals surface area contributed by atoms with Crippen LogP contribution in [0.15, 0.2) is 79.3 Å². The van der Waals surface area contributed by atoms with Crippen molar-refractivity contribution in [2.24, 2.45) is 0 Å². The summed E-state index contributed by atoms with van der Waals surface area (Å²) in [7, 11) is 0. The van der Waals surface area contributed by atoms with Crippen molar-refractivity contribution in [3.63, 3.8) is 0 Å². The Morgan fingerprint density at radius 2 is 1.85 bits per heavy atom. The molecule has 2 aromatic carbocycles. The fraction of sp³-hybridized carbons (Fsp3) is 0.0455. The topological polar surface area (TPSA) is 22.2 Å². The highest BCUT2D eigenvalue weighted by atomic mass is 19.1. The van der Waals surface area contributed by atoms with Crippen molar-refractivity contribution in [2.75, 3.05) is 0 Å². The van der Waals surface area contributed by atoms with E-state index in [1.807, 2.05) is 64.8 Å². The molecule has 0 atom stereocenters. The highest BCUT2D eigenvalue weighted by molar-refractivity contribution is 5.86. The van der Waals surface area contributed by atoms with Gasteiger partial charge < -0.3 is 4.57 Å². The predicted octanol–water partition coefficient (Wildman–Crippen LogP) is 5.39. The Morgan fingerprint density at radius 3 is 2.77 bits per heavy atom. The molecule has 0 N–H and O–H groups in total. The number of halogens is 1. The van der Waals surface area contributed by atoms with Crippen molar-refractivity contribution in [2.45, 2.75) is 6.92 Å². The average Bonchev–Trinajstić information content (AvgIpc) is 3.32. The Hall–Kier alpha value is -3.40. The van der Waals surface area contributed by atoms with Crippen molar-refractivity contribution in [1.29, 1.82) is 0 Å². The quantitative estimate of drug-likeness (QED) is 0.422. The molecule has 0 unspecified atom stereocenters. The van der Waals surface area contributed by atoms with E-state index in [0.717, 1.165) is 33.4 Å². The van der Waals surface area contributed by atoms with E-state index in [2.05, 4.69) is 23.3 Å². The van der Waals surface area contributed by atoms with Crippen LogP contribution in [0.5, 0.6) is 0 Å². The second-order valence-electron chi connectivity index (χ2n) is 6.45. The van der Waals surface area contributed by atoms with Gasteiger partial charge >= 0.3 is 0 Å². The third-order valence-corrected chi connectivity index (χ3v) is 4.87. The Kier molecular flexibility index (Phi) is 3.19. The van der Waals surface area contributed by atoms with E-state index in [0.29, 0.717) is 5.39 Å².